The van der Waals surface area contributed by atoms with Gasteiger partial charge in [0.25, 0.3) is 0 Å². The first-order valence-electron chi connectivity index (χ1n) is 12.7. The molecular formula is C29H29N5O3S2. The van der Waals surface area contributed by atoms with Crippen molar-refractivity contribution in [1.82, 2.24) is 4.98 Å². The SMILES string of the molecule is COC(=O)c1c(NC(=O)CCSc2nc(N)c(C#N)c(-c3ccc(C(C)C)cc3)c2C#N)sc2c1CCCC2. The molecule has 0 unspecified atom stereocenters. The van der Waals surface area contributed by atoms with Crippen LogP contribution in [0.2, 0.25) is 0 Å². The summed E-state index contributed by atoms with van der Waals surface area (Å²) in [6.45, 7) is 4.18. The fraction of sp³-hybridized carbons (Fsp3) is 0.345. The number of benzene rings is 1. The van der Waals surface area contributed by atoms with Crippen molar-refractivity contribution in [1.29, 1.82) is 10.5 Å². The summed E-state index contributed by atoms with van der Waals surface area (Å²) in [5.41, 5.74) is 10.3. The highest BCUT2D eigenvalue weighted by Crippen LogP contribution is 2.39. The Morgan fingerprint density at radius 3 is 2.49 bits per heavy atom. The standard InChI is InChI=1S/C29H29N5O3S2/c1-16(2)17-8-10-18(11-9-17)24-20(14-30)26(32)34-27(21(24)15-31)38-13-12-23(35)33-28-25(29(36)37-3)19-6-4-5-7-22(19)39-28/h8-11,16H,4-7,12-13H2,1-3H3,(H2,32,34)(H,33,35). The molecule has 0 bridgehead atoms. The molecule has 1 amide bonds. The number of nitrogens with zero attached hydrogens (tertiary/aromatic N) is 3. The number of thiophene rings is 1. The van der Waals surface area contributed by atoms with Gasteiger partial charge in [0.15, 0.2) is 0 Å². The molecule has 200 valence electrons. The highest BCUT2D eigenvalue weighted by Gasteiger charge is 2.27. The Bertz CT molecular complexity index is 1500. The van der Waals surface area contributed by atoms with Crippen molar-refractivity contribution >= 4 is 45.8 Å². The number of pyridine rings is 1. The van der Waals surface area contributed by atoms with E-state index >= 15 is 0 Å². The number of nitriles is 2. The van der Waals surface area contributed by atoms with Gasteiger partial charge in [-0.15, -0.1) is 23.1 Å². The van der Waals surface area contributed by atoms with Crippen LogP contribution < -0.4 is 11.1 Å². The second-order valence-electron chi connectivity index (χ2n) is 9.48. The average molecular weight is 560 g/mol. The maximum Gasteiger partial charge on any atom is 0.341 e. The zero-order valence-electron chi connectivity index (χ0n) is 22.1. The zero-order valence-corrected chi connectivity index (χ0v) is 23.7. The number of aromatic nitrogens is 1. The van der Waals surface area contributed by atoms with E-state index in [4.69, 9.17) is 10.5 Å². The fourth-order valence-corrected chi connectivity index (χ4v) is 6.86. The summed E-state index contributed by atoms with van der Waals surface area (Å²) in [4.78, 5) is 30.8. The second kappa shape index (κ2) is 12.3. The van der Waals surface area contributed by atoms with Crippen LogP contribution in [0.3, 0.4) is 0 Å². The molecule has 10 heteroatoms. The minimum atomic E-state index is -0.441. The summed E-state index contributed by atoms with van der Waals surface area (Å²) in [5, 5.41) is 23.6. The first kappa shape index (κ1) is 28.2. The summed E-state index contributed by atoms with van der Waals surface area (Å²) >= 11 is 2.67. The third kappa shape index (κ3) is 5.93. The summed E-state index contributed by atoms with van der Waals surface area (Å²) in [6, 6.07) is 12.0. The number of methoxy groups -OCH3 is 1. The number of thioether (sulfide) groups is 1. The molecule has 0 saturated heterocycles. The molecule has 0 aliphatic heterocycles. The third-order valence-electron chi connectivity index (χ3n) is 6.66. The molecule has 0 saturated carbocycles. The van der Waals surface area contributed by atoms with Crippen molar-refractivity contribution in [2.24, 2.45) is 0 Å². The number of fused-ring (bicyclic) bond motifs is 1. The largest absolute Gasteiger partial charge is 0.465 e. The molecule has 0 fully saturated rings. The van der Waals surface area contributed by atoms with Gasteiger partial charge in [0, 0.05) is 22.6 Å². The number of hydrogen-bond acceptors (Lipinski definition) is 9. The van der Waals surface area contributed by atoms with Crippen LogP contribution >= 0.6 is 23.1 Å². The first-order chi connectivity index (χ1) is 18.8. The second-order valence-corrected chi connectivity index (χ2v) is 11.7. The molecule has 0 atom stereocenters. The Kier molecular flexibility index (Phi) is 8.90. The van der Waals surface area contributed by atoms with Crippen molar-refractivity contribution < 1.29 is 14.3 Å². The molecule has 4 rings (SSSR count). The Labute approximate surface area is 236 Å². The van der Waals surface area contributed by atoms with Gasteiger partial charge in [-0.1, -0.05) is 38.1 Å². The summed E-state index contributed by atoms with van der Waals surface area (Å²) in [5.74, 6) is 0.00887. The Morgan fingerprint density at radius 2 is 1.85 bits per heavy atom. The molecule has 2 aromatic heterocycles. The number of nitrogens with one attached hydrogen (secondary N) is 1. The van der Waals surface area contributed by atoms with E-state index in [9.17, 15) is 20.1 Å². The lowest BCUT2D eigenvalue weighted by atomic mass is 9.94. The van der Waals surface area contributed by atoms with Crippen LogP contribution in [-0.4, -0.2) is 29.7 Å². The summed E-state index contributed by atoms with van der Waals surface area (Å²) < 4.78 is 4.98. The summed E-state index contributed by atoms with van der Waals surface area (Å²) in [7, 11) is 1.34. The van der Waals surface area contributed by atoms with E-state index in [0.717, 1.165) is 41.7 Å². The number of esters is 1. The molecule has 39 heavy (non-hydrogen) atoms. The van der Waals surface area contributed by atoms with Crippen LogP contribution in [0.4, 0.5) is 10.8 Å². The monoisotopic (exact) mass is 559 g/mol. The fourth-order valence-electron chi connectivity index (χ4n) is 4.63. The number of nitrogens with two attached hydrogens (primary N) is 1. The molecule has 1 aliphatic rings. The molecule has 3 N–H and O–H groups in total. The minimum Gasteiger partial charge on any atom is -0.465 e. The van der Waals surface area contributed by atoms with Gasteiger partial charge in [0.2, 0.25) is 5.91 Å². The number of carbonyl (C=O) groups is 2. The number of rotatable bonds is 8. The van der Waals surface area contributed by atoms with E-state index in [1.165, 1.54) is 30.2 Å². The summed E-state index contributed by atoms with van der Waals surface area (Å²) in [6.07, 6.45) is 3.88. The number of aryl methyl sites for hydroxylation is 1. The average Bonchev–Trinajstić information content (AvgIpc) is 3.29. The van der Waals surface area contributed by atoms with Gasteiger partial charge in [-0.2, -0.15) is 10.5 Å². The van der Waals surface area contributed by atoms with Crippen LogP contribution in [0.15, 0.2) is 29.3 Å². The topological polar surface area (TPSA) is 142 Å². The van der Waals surface area contributed by atoms with E-state index in [1.54, 1.807) is 0 Å². The van der Waals surface area contributed by atoms with Crippen molar-refractivity contribution in [3.05, 3.63) is 57.0 Å². The van der Waals surface area contributed by atoms with E-state index in [1.807, 2.05) is 24.3 Å². The minimum absolute atomic E-state index is 0.0401. The van der Waals surface area contributed by atoms with Crippen LogP contribution in [-0.2, 0) is 22.4 Å². The third-order valence-corrected chi connectivity index (χ3v) is 8.85. The van der Waals surface area contributed by atoms with Gasteiger partial charge in [-0.05, 0) is 48.3 Å². The normalized spacial score (nSPS) is 12.4. The predicted octanol–water partition coefficient (Wildman–Crippen LogP) is 6.05. The Morgan fingerprint density at radius 1 is 1.15 bits per heavy atom. The van der Waals surface area contributed by atoms with Gasteiger partial charge < -0.3 is 15.8 Å². The predicted molar refractivity (Wildman–Crippen MR) is 154 cm³/mol. The highest BCUT2D eigenvalue weighted by atomic mass is 32.2. The molecule has 3 aromatic rings. The quantitative estimate of drug-likeness (QED) is 0.251. The molecule has 2 heterocycles. The lowest BCUT2D eigenvalue weighted by molar-refractivity contribution is -0.115. The molecule has 8 nitrogen and oxygen atoms in total. The van der Waals surface area contributed by atoms with Crippen molar-refractivity contribution in [2.45, 2.75) is 56.9 Å². The number of ether oxygens (including phenoxy) is 1. The van der Waals surface area contributed by atoms with Gasteiger partial charge in [0.1, 0.15) is 33.5 Å². The first-order valence-corrected chi connectivity index (χ1v) is 14.5. The Balaban J connectivity index is 1.53. The number of carbonyl (C=O) groups excluding carboxylic acids is 2. The van der Waals surface area contributed by atoms with Crippen molar-refractivity contribution in [2.75, 3.05) is 23.9 Å². The van der Waals surface area contributed by atoms with Gasteiger partial charge in [-0.3, -0.25) is 4.79 Å². The highest BCUT2D eigenvalue weighted by molar-refractivity contribution is 7.99. The lowest BCUT2D eigenvalue weighted by Gasteiger charge is -2.14. The number of hydrogen-bond donors (Lipinski definition) is 2. The van der Waals surface area contributed by atoms with Crippen LogP contribution in [0.5, 0.6) is 0 Å². The molecule has 1 aliphatic carbocycles. The maximum atomic E-state index is 12.9. The van der Waals surface area contributed by atoms with E-state index in [2.05, 4.69) is 36.3 Å². The number of amides is 1. The van der Waals surface area contributed by atoms with Crippen molar-refractivity contribution in [3.8, 4) is 23.3 Å². The zero-order chi connectivity index (χ0) is 28.1. The van der Waals surface area contributed by atoms with Crippen LogP contribution in [0, 0.1) is 22.7 Å². The van der Waals surface area contributed by atoms with E-state index in [-0.39, 0.29) is 29.3 Å². The van der Waals surface area contributed by atoms with E-state index < -0.39 is 5.97 Å². The smallest absolute Gasteiger partial charge is 0.341 e. The van der Waals surface area contributed by atoms with Crippen molar-refractivity contribution in [3.63, 3.8) is 0 Å². The molecule has 1 aromatic carbocycles. The number of anilines is 2. The van der Waals surface area contributed by atoms with Gasteiger partial charge in [-0.25, -0.2) is 9.78 Å². The van der Waals surface area contributed by atoms with Crippen LogP contribution in [0.25, 0.3) is 11.1 Å². The van der Waals surface area contributed by atoms with Gasteiger partial charge in [0.05, 0.1) is 18.2 Å². The van der Waals surface area contributed by atoms with E-state index in [0.29, 0.717) is 38.4 Å². The molecular weight excluding hydrogens is 530 g/mol. The molecule has 0 radical (unpaired) electrons. The van der Waals surface area contributed by atoms with Gasteiger partial charge >= 0.3 is 5.97 Å². The molecule has 0 spiro atoms. The number of nitrogen functional groups attached to an aromatic ring is 1. The maximum absolute atomic E-state index is 12.9. The lowest BCUT2D eigenvalue weighted by Crippen LogP contribution is -2.15. The Hall–Kier alpha value is -3.86. The van der Waals surface area contributed by atoms with Crippen LogP contribution in [0.1, 0.15) is 76.5 Å².